The van der Waals surface area contributed by atoms with Crippen LogP contribution in [0.3, 0.4) is 0 Å². The number of halogens is 4. The number of rotatable bonds is 3. The summed E-state index contributed by atoms with van der Waals surface area (Å²) in [5.41, 5.74) is 0.116. The number of cyclic esters (lactones) is 1. The lowest BCUT2D eigenvalue weighted by Gasteiger charge is -2.11. The molecular weight excluding hydrogens is 271 g/mol. The van der Waals surface area contributed by atoms with E-state index >= 15 is 0 Å². The average Bonchev–Trinajstić information content (AvgIpc) is 2.51. The van der Waals surface area contributed by atoms with E-state index in [9.17, 15) is 18.0 Å². The molecule has 0 bridgehead atoms. The molecule has 1 atom stereocenters. The number of carbonyl (C=O) groups is 1. The summed E-state index contributed by atoms with van der Waals surface area (Å²) >= 11 is 5.56. The molecule has 1 heterocycles. The van der Waals surface area contributed by atoms with Crippen molar-refractivity contribution in [3.63, 3.8) is 0 Å². The minimum absolute atomic E-state index is 0.0835. The van der Waals surface area contributed by atoms with Crippen LogP contribution < -0.4 is 5.32 Å². The molecule has 2 rings (SSSR count). The molecule has 1 aromatic carbocycles. The minimum Gasteiger partial charge on any atom is -0.456 e. The molecule has 0 radical (unpaired) electrons. The molecule has 0 aliphatic carbocycles. The number of anilines is 1. The van der Waals surface area contributed by atoms with E-state index in [1.54, 1.807) is 0 Å². The molecule has 0 saturated carbocycles. The lowest BCUT2D eigenvalue weighted by Crippen LogP contribution is -2.22. The average molecular weight is 280 g/mol. The van der Waals surface area contributed by atoms with Gasteiger partial charge in [0.2, 0.25) is 0 Å². The van der Waals surface area contributed by atoms with E-state index in [2.05, 4.69) is 10.1 Å². The zero-order chi connectivity index (χ0) is 13.3. The fraction of sp³-hybridized carbons (Fsp3) is 0.364. The highest BCUT2D eigenvalue weighted by Gasteiger charge is 2.50. The largest absolute Gasteiger partial charge is 0.456 e. The third-order valence-electron chi connectivity index (χ3n) is 2.51. The van der Waals surface area contributed by atoms with Crippen LogP contribution in [0.5, 0.6) is 0 Å². The van der Waals surface area contributed by atoms with Gasteiger partial charge in [-0.2, -0.15) is 8.78 Å². The maximum atomic E-state index is 13.4. The Labute approximate surface area is 106 Å². The summed E-state index contributed by atoms with van der Waals surface area (Å²) in [6.07, 6.45) is -1.67. The number of ether oxygens (including phenoxy) is 1. The summed E-state index contributed by atoms with van der Waals surface area (Å²) in [5.74, 6) is -5.59. The molecule has 7 heteroatoms. The summed E-state index contributed by atoms with van der Waals surface area (Å²) in [4.78, 5) is 10.7. The van der Waals surface area contributed by atoms with Crippen LogP contribution in [0.25, 0.3) is 0 Å². The Balaban J connectivity index is 1.95. The van der Waals surface area contributed by atoms with Crippen molar-refractivity contribution in [1.82, 2.24) is 0 Å². The molecule has 1 unspecified atom stereocenters. The van der Waals surface area contributed by atoms with Gasteiger partial charge >= 0.3 is 11.9 Å². The Bertz CT molecular complexity index is 481. The van der Waals surface area contributed by atoms with Gasteiger partial charge in [0, 0.05) is 5.02 Å². The highest BCUT2D eigenvalue weighted by atomic mass is 35.5. The molecule has 1 N–H and O–H groups in total. The van der Waals surface area contributed by atoms with E-state index in [0.717, 1.165) is 6.07 Å². The minimum atomic E-state index is -3.45. The third-order valence-corrected chi connectivity index (χ3v) is 2.74. The van der Waals surface area contributed by atoms with E-state index in [1.165, 1.54) is 12.1 Å². The molecule has 0 spiro atoms. The Kier molecular flexibility index (Phi) is 3.38. The molecule has 3 nitrogen and oxygen atoms in total. The van der Waals surface area contributed by atoms with Gasteiger partial charge in [0.05, 0.1) is 18.7 Å². The smallest absolute Gasteiger partial charge is 0.377 e. The topological polar surface area (TPSA) is 38.3 Å². The van der Waals surface area contributed by atoms with E-state index in [-0.39, 0.29) is 17.3 Å². The van der Waals surface area contributed by atoms with Crippen molar-refractivity contribution in [3.8, 4) is 0 Å². The third kappa shape index (κ3) is 2.69. The molecule has 1 aromatic rings. The fourth-order valence-electron chi connectivity index (χ4n) is 1.62. The maximum Gasteiger partial charge on any atom is 0.377 e. The molecule has 1 saturated heterocycles. The van der Waals surface area contributed by atoms with Crippen LogP contribution in [-0.2, 0) is 9.53 Å². The van der Waals surface area contributed by atoms with Crippen molar-refractivity contribution >= 4 is 23.3 Å². The van der Waals surface area contributed by atoms with Gasteiger partial charge in [0.15, 0.2) is 0 Å². The number of alkyl halides is 2. The summed E-state index contributed by atoms with van der Waals surface area (Å²) < 4.78 is 43.5. The number of carbonyl (C=O) groups excluding carboxylic acids is 1. The number of nitrogens with one attached hydrogen (secondary N) is 1. The lowest BCUT2D eigenvalue weighted by atomic mass is 10.2. The van der Waals surface area contributed by atoms with Gasteiger partial charge in [-0.05, 0) is 18.2 Å². The van der Waals surface area contributed by atoms with Crippen molar-refractivity contribution < 1.29 is 22.7 Å². The lowest BCUT2D eigenvalue weighted by molar-refractivity contribution is -0.158. The SMILES string of the molecule is O=C1OC(CNc2ccc(Cl)cc2F)CC1(F)F. The second-order valence-corrected chi connectivity index (χ2v) is 4.38. The van der Waals surface area contributed by atoms with Crippen molar-refractivity contribution in [2.45, 2.75) is 18.4 Å². The molecule has 18 heavy (non-hydrogen) atoms. The van der Waals surface area contributed by atoms with Crippen molar-refractivity contribution in [1.29, 1.82) is 0 Å². The number of esters is 1. The quantitative estimate of drug-likeness (QED) is 0.865. The van der Waals surface area contributed by atoms with E-state index in [0.29, 0.717) is 0 Å². The van der Waals surface area contributed by atoms with Crippen LogP contribution in [0.2, 0.25) is 5.02 Å². The Morgan fingerprint density at radius 3 is 2.78 bits per heavy atom. The molecule has 98 valence electrons. The first-order chi connectivity index (χ1) is 8.38. The van der Waals surface area contributed by atoms with Crippen molar-refractivity contribution in [2.75, 3.05) is 11.9 Å². The van der Waals surface area contributed by atoms with Gasteiger partial charge in [0.1, 0.15) is 11.9 Å². The highest BCUT2D eigenvalue weighted by molar-refractivity contribution is 6.30. The first-order valence-corrected chi connectivity index (χ1v) is 5.54. The Morgan fingerprint density at radius 2 is 2.22 bits per heavy atom. The van der Waals surface area contributed by atoms with Crippen LogP contribution in [0.4, 0.5) is 18.9 Å². The summed E-state index contributed by atoms with van der Waals surface area (Å²) in [7, 11) is 0. The van der Waals surface area contributed by atoms with Gasteiger partial charge in [-0.25, -0.2) is 9.18 Å². The van der Waals surface area contributed by atoms with Gasteiger partial charge in [0.25, 0.3) is 0 Å². The van der Waals surface area contributed by atoms with Crippen LogP contribution in [0.15, 0.2) is 18.2 Å². The molecular formula is C11H9ClF3NO2. The Morgan fingerprint density at radius 1 is 1.50 bits per heavy atom. The summed E-state index contributed by atoms with van der Waals surface area (Å²) in [5, 5.41) is 2.83. The predicted molar refractivity (Wildman–Crippen MR) is 59.3 cm³/mol. The molecule has 1 aliphatic heterocycles. The highest BCUT2D eigenvalue weighted by Crippen LogP contribution is 2.31. The van der Waals surface area contributed by atoms with E-state index in [4.69, 9.17) is 11.6 Å². The van der Waals surface area contributed by atoms with Crippen molar-refractivity contribution in [2.24, 2.45) is 0 Å². The molecule has 0 aromatic heterocycles. The normalized spacial score (nSPS) is 21.8. The van der Waals surface area contributed by atoms with Gasteiger partial charge in [-0.1, -0.05) is 11.6 Å². The van der Waals surface area contributed by atoms with E-state index < -0.39 is 30.2 Å². The monoisotopic (exact) mass is 279 g/mol. The van der Waals surface area contributed by atoms with Crippen molar-refractivity contribution in [3.05, 3.63) is 29.0 Å². The zero-order valence-electron chi connectivity index (χ0n) is 9.05. The number of hydrogen-bond donors (Lipinski definition) is 1. The first kappa shape index (κ1) is 13.0. The maximum absolute atomic E-state index is 13.4. The van der Waals surface area contributed by atoms with Crippen LogP contribution >= 0.6 is 11.6 Å². The number of hydrogen-bond acceptors (Lipinski definition) is 3. The second-order valence-electron chi connectivity index (χ2n) is 3.94. The van der Waals surface area contributed by atoms with Crippen LogP contribution in [0, 0.1) is 5.82 Å². The number of benzene rings is 1. The molecule has 1 fully saturated rings. The van der Waals surface area contributed by atoms with Crippen LogP contribution in [0.1, 0.15) is 6.42 Å². The fourth-order valence-corrected chi connectivity index (χ4v) is 1.78. The molecule has 0 amide bonds. The predicted octanol–water partition coefficient (Wildman–Crippen LogP) is 2.84. The second kappa shape index (κ2) is 4.68. The van der Waals surface area contributed by atoms with E-state index in [1.807, 2.05) is 0 Å². The van der Waals surface area contributed by atoms with Gasteiger partial charge in [-0.15, -0.1) is 0 Å². The Hall–Kier alpha value is -1.43. The summed E-state index contributed by atoms with van der Waals surface area (Å²) in [6, 6.07) is 3.94. The first-order valence-electron chi connectivity index (χ1n) is 5.16. The standard InChI is InChI=1S/C11H9ClF3NO2/c12-6-1-2-9(8(13)3-6)16-5-7-4-11(14,15)10(17)18-7/h1-3,7,16H,4-5H2. The zero-order valence-corrected chi connectivity index (χ0v) is 9.81. The van der Waals surface area contributed by atoms with Crippen LogP contribution in [-0.4, -0.2) is 24.5 Å². The summed E-state index contributed by atoms with van der Waals surface area (Å²) in [6.45, 7) is -0.0835. The van der Waals surface area contributed by atoms with Gasteiger partial charge in [-0.3, -0.25) is 0 Å². The molecule has 1 aliphatic rings. The van der Waals surface area contributed by atoms with Gasteiger partial charge < -0.3 is 10.1 Å².